The van der Waals surface area contributed by atoms with Crippen LogP contribution >= 0.6 is 0 Å². The molecule has 2 aliphatic heterocycles. The molecule has 0 aliphatic carbocycles. The Balaban J connectivity index is 1.49. The molecule has 0 bridgehead atoms. The number of likely N-dealkylation sites (tertiary alicyclic amines) is 1. The number of aryl methyl sites for hydroxylation is 1. The molecule has 1 aromatic heterocycles. The lowest BCUT2D eigenvalue weighted by Gasteiger charge is -2.44. The molecule has 3 heterocycles. The molecule has 4 rings (SSSR count). The zero-order chi connectivity index (χ0) is 21.5. The van der Waals surface area contributed by atoms with Gasteiger partial charge in [-0.05, 0) is 43.2 Å². The van der Waals surface area contributed by atoms with E-state index >= 15 is 0 Å². The first-order chi connectivity index (χ1) is 14.3. The second-order valence-electron chi connectivity index (χ2n) is 8.17. The van der Waals surface area contributed by atoms with Crippen molar-refractivity contribution >= 4 is 23.4 Å². The van der Waals surface area contributed by atoms with Crippen molar-refractivity contribution in [1.82, 2.24) is 9.88 Å². The number of aromatic nitrogens is 1. The van der Waals surface area contributed by atoms with Crippen LogP contribution in [0.4, 0.5) is 5.82 Å². The third-order valence-electron chi connectivity index (χ3n) is 6.05. The number of hydrogen-bond acceptors (Lipinski definition) is 5. The van der Waals surface area contributed by atoms with E-state index in [9.17, 15) is 14.4 Å². The number of ether oxygens (including phenoxy) is 1. The van der Waals surface area contributed by atoms with Gasteiger partial charge in [0.1, 0.15) is 17.2 Å². The van der Waals surface area contributed by atoms with Crippen molar-refractivity contribution in [3.05, 3.63) is 52.7 Å². The fourth-order valence-electron chi connectivity index (χ4n) is 4.17. The van der Waals surface area contributed by atoms with Gasteiger partial charge in [-0.15, -0.1) is 0 Å². The highest BCUT2D eigenvalue weighted by atomic mass is 16.5. The monoisotopic (exact) mass is 407 g/mol. The maximum atomic E-state index is 12.9. The fraction of sp³-hybridized carbons (Fsp3) is 0.391. The van der Waals surface area contributed by atoms with Crippen LogP contribution in [0.3, 0.4) is 0 Å². The van der Waals surface area contributed by atoms with E-state index < -0.39 is 5.60 Å². The van der Waals surface area contributed by atoms with Crippen LogP contribution in [0.25, 0.3) is 0 Å². The Morgan fingerprint density at radius 2 is 1.90 bits per heavy atom. The Bertz CT molecular complexity index is 1040. The summed E-state index contributed by atoms with van der Waals surface area (Å²) in [4.78, 5) is 42.8. The molecular formula is C23H25N3O4. The Morgan fingerprint density at radius 1 is 1.17 bits per heavy atom. The van der Waals surface area contributed by atoms with Gasteiger partial charge >= 0.3 is 0 Å². The SMILES string of the molecule is CC(=O)Nc1cc(C(=O)N2CCC3(CC2)CC(=O)c2ccc(C)c(C)c2O3)ccn1. The van der Waals surface area contributed by atoms with E-state index in [-0.39, 0.29) is 17.6 Å². The predicted octanol–water partition coefficient (Wildman–Crippen LogP) is 3.30. The molecule has 156 valence electrons. The number of nitrogens with one attached hydrogen (secondary N) is 1. The number of hydrogen-bond donors (Lipinski definition) is 1. The van der Waals surface area contributed by atoms with Crippen LogP contribution in [0, 0.1) is 13.8 Å². The molecule has 1 N–H and O–H groups in total. The lowest BCUT2D eigenvalue weighted by Crippen LogP contribution is -2.52. The Hall–Kier alpha value is -3.22. The molecule has 0 atom stereocenters. The van der Waals surface area contributed by atoms with Gasteiger partial charge in [0.05, 0.1) is 12.0 Å². The highest BCUT2D eigenvalue weighted by molar-refractivity contribution is 6.01. The average molecular weight is 407 g/mol. The number of nitrogens with zero attached hydrogens (tertiary/aromatic N) is 2. The molecule has 2 aromatic rings. The van der Waals surface area contributed by atoms with E-state index in [1.54, 1.807) is 17.0 Å². The van der Waals surface area contributed by atoms with Gasteiger partial charge in [0.15, 0.2) is 5.78 Å². The third kappa shape index (κ3) is 3.67. The highest BCUT2D eigenvalue weighted by Gasteiger charge is 2.44. The van der Waals surface area contributed by atoms with Gasteiger partial charge < -0.3 is 15.0 Å². The molecule has 7 nitrogen and oxygen atoms in total. The number of ketones is 1. The number of Topliss-reactive ketones (excluding diaryl/α,β-unsaturated/α-hetero) is 1. The normalized spacial score (nSPS) is 17.3. The van der Waals surface area contributed by atoms with Gasteiger partial charge in [-0.3, -0.25) is 14.4 Å². The maximum absolute atomic E-state index is 12.9. The zero-order valence-corrected chi connectivity index (χ0v) is 17.4. The summed E-state index contributed by atoms with van der Waals surface area (Å²) < 4.78 is 6.42. The van der Waals surface area contributed by atoms with Crippen molar-refractivity contribution in [2.24, 2.45) is 0 Å². The Morgan fingerprint density at radius 3 is 2.60 bits per heavy atom. The maximum Gasteiger partial charge on any atom is 0.254 e. The molecule has 1 aromatic carbocycles. The molecule has 1 saturated heterocycles. The van der Waals surface area contributed by atoms with Gasteiger partial charge in [-0.1, -0.05) is 6.07 Å². The Labute approximate surface area is 175 Å². The summed E-state index contributed by atoms with van der Waals surface area (Å²) in [6, 6.07) is 7.03. The average Bonchev–Trinajstić information content (AvgIpc) is 2.71. The van der Waals surface area contributed by atoms with Gasteiger partial charge in [-0.2, -0.15) is 0 Å². The second kappa shape index (κ2) is 7.55. The van der Waals surface area contributed by atoms with E-state index in [4.69, 9.17) is 4.74 Å². The first-order valence-corrected chi connectivity index (χ1v) is 10.1. The summed E-state index contributed by atoms with van der Waals surface area (Å²) in [5.74, 6) is 0.796. The van der Waals surface area contributed by atoms with Crippen LogP contribution in [0.5, 0.6) is 5.75 Å². The van der Waals surface area contributed by atoms with Gasteiger partial charge in [0.25, 0.3) is 5.91 Å². The number of carbonyl (C=O) groups excluding carboxylic acids is 3. The molecule has 1 spiro atoms. The molecule has 2 amide bonds. The number of carbonyl (C=O) groups is 3. The molecule has 7 heteroatoms. The van der Waals surface area contributed by atoms with Crippen molar-refractivity contribution in [1.29, 1.82) is 0 Å². The van der Waals surface area contributed by atoms with Crippen LogP contribution < -0.4 is 10.1 Å². The minimum atomic E-state index is -0.557. The van der Waals surface area contributed by atoms with Gasteiger partial charge in [-0.25, -0.2) is 4.98 Å². The molecular weight excluding hydrogens is 382 g/mol. The fourth-order valence-corrected chi connectivity index (χ4v) is 4.17. The summed E-state index contributed by atoms with van der Waals surface area (Å²) in [7, 11) is 0. The van der Waals surface area contributed by atoms with E-state index in [1.165, 1.54) is 13.1 Å². The lowest BCUT2D eigenvalue weighted by molar-refractivity contribution is -0.114. The van der Waals surface area contributed by atoms with Crippen LogP contribution in [-0.2, 0) is 4.79 Å². The van der Waals surface area contributed by atoms with E-state index in [0.29, 0.717) is 55.0 Å². The molecule has 1 fully saturated rings. The number of rotatable bonds is 2. The minimum absolute atomic E-state index is 0.105. The summed E-state index contributed by atoms with van der Waals surface area (Å²) in [6.45, 7) is 6.40. The standard InChI is InChI=1S/C23H25N3O4/c1-14-4-5-18-19(28)13-23(30-21(18)15(14)2)7-10-26(11-8-23)22(29)17-6-9-24-20(12-17)25-16(3)27/h4-6,9,12H,7-8,10-11,13H2,1-3H3,(H,24,25,27). The smallest absolute Gasteiger partial charge is 0.254 e. The highest BCUT2D eigenvalue weighted by Crippen LogP contribution is 2.41. The van der Waals surface area contributed by atoms with Crippen molar-refractivity contribution < 1.29 is 19.1 Å². The number of amides is 2. The first kappa shape index (κ1) is 20.1. The summed E-state index contributed by atoms with van der Waals surface area (Å²) in [6.07, 6.45) is 3.04. The Kier molecular flexibility index (Phi) is 5.05. The molecule has 0 radical (unpaired) electrons. The second-order valence-corrected chi connectivity index (χ2v) is 8.17. The minimum Gasteiger partial charge on any atom is -0.486 e. The van der Waals surface area contributed by atoms with Crippen LogP contribution in [0.15, 0.2) is 30.5 Å². The summed E-state index contributed by atoms with van der Waals surface area (Å²) in [5, 5.41) is 2.60. The van der Waals surface area contributed by atoms with E-state index in [1.807, 2.05) is 26.0 Å². The van der Waals surface area contributed by atoms with Crippen molar-refractivity contribution in [2.75, 3.05) is 18.4 Å². The van der Waals surface area contributed by atoms with Crippen LogP contribution in [0.1, 0.15) is 58.0 Å². The first-order valence-electron chi connectivity index (χ1n) is 10.1. The summed E-state index contributed by atoms with van der Waals surface area (Å²) >= 11 is 0. The molecule has 0 saturated carbocycles. The summed E-state index contributed by atoms with van der Waals surface area (Å²) in [5.41, 5.74) is 2.67. The largest absolute Gasteiger partial charge is 0.486 e. The zero-order valence-electron chi connectivity index (χ0n) is 17.4. The number of anilines is 1. The van der Waals surface area contributed by atoms with Gasteiger partial charge in [0, 0.05) is 44.6 Å². The molecule has 0 unspecified atom stereocenters. The van der Waals surface area contributed by atoms with Crippen molar-refractivity contribution in [2.45, 2.75) is 45.6 Å². The lowest BCUT2D eigenvalue weighted by atomic mass is 9.81. The number of pyridine rings is 1. The number of fused-ring (bicyclic) bond motifs is 1. The third-order valence-corrected chi connectivity index (χ3v) is 6.05. The van der Waals surface area contributed by atoms with E-state index in [0.717, 1.165) is 11.1 Å². The predicted molar refractivity (Wildman–Crippen MR) is 112 cm³/mol. The topological polar surface area (TPSA) is 88.6 Å². The van der Waals surface area contributed by atoms with Gasteiger partial charge in [0.2, 0.25) is 5.91 Å². The van der Waals surface area contributed by atoms with E-state index in [2.05, 4.69) is 10.3 Å². The van der Waals surface area contributed by atoms with Crippen LogP contribution in [-0.4, -0.2) is 46.2 Å². The molecule has 30 heavy (non-hydrogen) atoms. The van der Waals surface area contributed by atoms with Crippen LogP contribution in [0.2, 0.25) is 0 Å². The van der Waals surface area contributed by atoms with Crippen molar-refractivity contribution in [3.63, 3.8) is 0 Å². The number of piperidine rings is 1. The van der Waals surface area contributed by atoms with Crippen molar-refractivity contribution in [3.8, 4) is 5.75 Å². The number of benzene rings is 1. The molecule has 2 aliphatic rings. The quantitative estimate of drug-likeness (QED) is 0.825.